The number of carbonyl (C=O) groups is 1. The molecule has 0 radical (unpaired) electrons. The predicted octanol–water partition coefficient (Wildman–Crippen LogP) is 4.10. The highest BCUT2D eigenvalue weighted by Gasteiger charge is 2.25. The second-order valence-corrected chi connectivity index (χ2v) is 10.1. The molecule has 2 aromatic heterocycles. The van der Waals surface area contributed by atoms with Gasteiger partial charge in [0.15, 0.2) is 5.16 Å². The van der Waals surface area contributed by atoms with Crippen molar-refractivity contribution in [1.29, 1.82) is 0 Å². The molecule has 2 aromatic rings. The van der Waals surface area contributed by atoms with Gasteiger partial charge in [0.25, 0.3) is 5.56 Å². The van der Waals surface area contributed by atoms with Crippen LogP contribution in [0.3, 0.4) is 0 Å². The van der Waals surface area contributed by atoms with Crippen molar-refractivity contribution in [3.05, 3.63) is 20.8 Å². The minimum atomic E-state index is 0.0734. The number of carbonyl (C=O) groups excluding carboxylic acids is 1. The van der Waals surface area contributed by atoms with Crippen LogP contribution in [-0.4, -0.2) is 39.2 Å². The molecule has 1 amide bonds. The minimum absolute atomic E-state index is 0.0734. The van der Waals surface area contributed by atoms with Crippen molar-refractivity contribution in [3.63, 3.8) is 0 Å². The van der Waals surface area contributed by atoms with Gasteiger partial charge in [-0.3, -0.25) is 14.2 Å². The van der Waals surface area contributed by atoms with Crippen molar-refractivity contribution in [1.82, 2.24) is 14.5 Å². The summed E-state index contributed by atoms with van der Waals surface area (Å²) >= 11 is 3.11. The first kappa shape index (κ1) is 20.0. The summed E-state index contributed by atoms with van der Waals surface area (Å²) in [6, 6.07) is 0. The molecular weight excluding hydrogens is 390 g/mol. The second-order valence-electron chi connectivity index (χ2n) is 8.06. The third-order valence-electron chi connectivity index (χ3n) is 5.98. The molecule has 0 saturated carbocycles. The van der Waals surface area contributed by atoms with Gasteiger partial charge in [-0.1, -0.05) is 31.5 Å². The summed E-state index contributed by atoms with van der Waals surface area (Å²) in [6.07, 6.45) is 7.80. The Hall–Kier alpha value is -1.34. The van der Waals surface area contributed by atoms with Crippen LogP contribution < -0.4 is 5.56 Å². The average Bonchev–Trinajstić information content (AvgIpc) is 2.85. The minimum Gasteiger partial charge on any atom is -0.342 e. The summed E-state index contributed by atoms with van der Waals surface area (Å²) in [5.41, 5.74) is 1.30. The van der Waals surface area contributed by atoms with Gasteiger partial charge in [-0.05, 0) is 50.5 Å². The van der Waals surface area contributed by atoms with Gasteiger partial charge in [0.2, 0.25) is 5.91 Å². The van der Waals surface area contributed by atoms with Crippen molar-refractivity contribution in [3.8, 4) is 0 Å². The zero-order chi connectivity index (χ0) is 19.7. The second kappa shape index (κ2) is 8.57. The van der Waals surface area contributed by atoms with Gasteiger partial charge >= 0.3 is 0 Å². The average molecular weight is 420 g/mol. The lowest BCUT2D eigenvalue weighted by molar-refractivity contribution is -0.128. The fourth-order valence-electron chi connectivity index (χ4n) is 4.33. The fourth-order valence-corrected chi connectivity index (χ4v) is 6.72. The molecule has 1 atom stereocenters. The van der Waals surface area contributed by atoms with Gasteiger partial charge < -0.3 is 4.90 Å². The van der Waals surface area contributed by atoms with Crippen LogP contribution in [0.25, 0.3) is 10.2 Å². The van der Waals surface area contributed by atoms with E-state index in [1.54, 1.807) is 15.9 Å². The first-order valence-corrected chi connectivity index (χ1v) is 12.3. The van der Waals surface area contributed by atoms with E-state index in [1.807, 2.05) is 11.8 Å². The smallest absolute Gasteiger partial charge is 0.263 e. The highest BCUT2D eigenvalue weighted by atomic mass is 32.2. The maximum Gasteiger partial charge on any atom is 0.263 e. The first-order valence-electron chi connectivity index (χ1n) is 10.5. The monoisotopic (exact) mass is 419 g/mol. The molecule has 0 bridgehead atoms. The number of hydrogen-bond acceptors (Lipinski definition) is 5. The molecule has 7 heteroatoms. The number of hydrogen-bond donors (Lipinski definition) is 0. The van der Waals surface area contributed by atoms with Crippen LogP contribution in [0.1, 0.15) is 56.4 Å². The van der Waals surface area contributed by atoms with Gasteiger partial charge in [-0.15, -0.1) is 11.3 Å². The fraction of sp³-hybridized carbons (Fsp3) is 0.667. The lowest BCUT2D eigenvalue weighted by Crippen LogP contribution is -2.33. The van der Waals surface area contributed by atoms with Crippen LogP contribution in [-0.2, 0) is 24.2 Å². The molecule has 0 unspecified atom stereocenters. The molecule has 2 aliphatic rings. The normalized spacial score (nSPS) is 20.2. The quantitative estimate of drug-likeness (QED) is 0.553. The first-order chi connectivity index (χ1) is 13.6. The molecule has 3 heterocycles. The third-order valence-corrected chi connectivity index (χ3v) is 8.09. The Morgan fingerprint density at radius 2 is 2.00 bits per heavy atom. The number of rotatable bonds is 4. The molecule has 4 rings (SSSR count). The SMILES string of the molecule is CCn1c(SCC(=O)N2CCCCCC2)nc2sc3c(c2c1=O)CC[C@@H](C)C3. The summed E-state index contributed by atoms with van der Waals surface area (Å²) < 4.78 is 1.76. The maximum atomic E-state index is 13.2. The van der Waals surface area contributed by atoms with E-state index in [9.17, 15) is 9.59 Å². The molecule has 152 valence electrons. The Kier molecular flexibility index (Phi) is 6.11. The largest absolute Gasteiger partial charge is 0.342 e. The van der Waals surface area contributed by atoms with E-state index in [0.29, 0.717) is 23.4 Å². The van der Waals surface area contributed by atoms with Crippen molar-refractivity contribution in [2.75, 3.05) is 18.8 Å². The van der Waals surface area contributed by atoms with Crippen LogP contribution in [0.5, 0.6) is 0 Å². The molecule has 1 saturated heterocycles. The maximum absolute atomic E-state index is 13.2. The number of likely N-dealkylation sites (tertiary alicyclic amines) is 1. The number of thiophene rings is 1. The molecule has 1 aliphatic carbocycles. The van der Waals surface area contributed by atoms with Crippen LogP contribution in [0.2, 0.25) is 0 Å². The number of aryl methyl sites for hydroxylation is 1. The van der Waals surface area contributed by atoms with Gasteiger partial charge in [0, 0.05) is 24.5 Å². The van der Waals surface area contributed by atoms with E-state index in [1.165, 1.54) is 35.0 Å². The van der Waals surface area contributed by atoms with Gasteiger partial charge in [-0.25, -0.2) is 4.98 Å². The summed E-state index contributed by atoms with van der Waals surface area (Å²) in [5, 5.41) is 1.52. The topological polar surface area (TPSA) is 55.2 Å². The Bertz CT molecular complexity index is 926. The van der Waals surface area contributed by atoms with E-state index < -0.39 is 0 Å². The molecule has 0 aromatic carbocycles. The predicted molar refractivity (Wildman–Crippen MR) is 117 cm³/mol. The van der Waals surface area contributed by atoms with E-state index in [-0.39, 0.29) is 11.5 Å². The van der Waals surface area contributed by atoms with Crippen LogP contribution >= 0.6 is 23.1 Å². The Labute approximate surface area is 174 Å². The lowest BCUT2D eigenvalue weighted by Gasteiger charge is -2.20. The van der Waals surface area contributed by atoms with Crippen LogP contribution in [0, 0.1) is 5.92 Å². The Morgan fingerprint density at radius 1 is 1.25 bits per heavy atom. The number of aromatic nitrogens is 2. The number of fused-ring (bicyclic) bond motifs is 3. The van der Waals surface area contributed by atoms with Gasteiger partial charge in [-0.2, -0.15) is 0 Å². The van der Waals surface area contributed by atoms with Crippen molar-refractivity contribution in [2.45, 2.75) is 70.5 Å². The molecule has 28 heavy (non-hydrogen) atoms. The molecule has 0 spiro atoms. The Morgan fingerprint density at radius 3 is 2.71 bits per heavy atom. The third kappa shape index (κ3) is 3.88. The molecule has 1 fully saturated rings. The zero-order valence-electron chi connectivity index (χ0n) is 16.8. The number of amides is 1. The highest BCUT2D eigenvalue weighted by molar-refractivity contribution is 7.99. The zero-order valence-corrected chi connectivity index (χ0v) is 18.5. The molecule has 5 nitrogen and oxygen atoms in total. The Balaban J connectivity index is 1.60. The molecule has 0 N–H and O–H groups in total. The summed E-state index contributed by atoms with van der Waals surface area (Å²) in [5.74, 6) is 1.21. The van der Waals surface area contributed by atoms with E-state index in [2.05, 4.69) is 6.92 Å². The lowest BCUT2D eigenvalue weighted by atomic mass is 9.89. The molecular formula is C21H29N3O2S2. The van der Waals surface area contributed by atoms with Gasteiger partial charge in [0.05, 0.1) is 11.1 Å². The van der Waals surface area contributed by atoms with Crippen LogP contribution in [0.4, 0.5) is 0 Å². The van der Waals surface area contributed by atoms with E-state index >= 15 is 0 Å². The van der Waals surface area contributed by atoms with Crippen molar-refractivity contribution < 1.29 is 4.79 Å². The standard InChI is InChI=1S/C21H29N3O2S2/c1-3-24-20(26)18-15-9-8-14(2)12-16(15)28-19(18)22-21(24)27-13-17(25)23-10-6-4-5-7-11-23/h14H,3-13H2,1-2H3/t14-/m1/s1. The van der Waals surface area contributed by atoms with Crippen LogP contribution in [0.15, 0.2) is 9.95 Å². The number of nitrogens with zero attached hydrogens (tertiary/aromatic N) is 3. The van der Waals surface area contributed by atoms with Gasteiger partial charge in [0.1, 0.15) is 4.83 Å². The van der Waals surface area contributed by atoms with Crippen molar-refractivity contribution in [2.24, 2.45) is 5.92 Å². The van der Waals surface area contributed by atoms with E-state index in [0.717, 1.165) is 55.4 Å². The summed E-state index contributed by atoms with van der Waals surface area (Å²) in [4.78, 5) is 34.9. The van der Waals surface area contributed by atoms with Crippen molar-refractivity contribution >= 4 is 39.2 Å². The molecule has 1 aliphatic heterocycles. The summed E-state index contributed by atoms with van der Waals surface area (Å²) in [6.45, 7) is 6.57. The van der Waals surface area contributed by atoms with E-state index in [4.69, 9.17) is 4.98 Å². The highest BCUT2D eigenvalue weighted by Crippen LogP contribution is 2.36. The number of thioether (sulfide) groups is 1. The summed E-state index contributed by atoms with van der Waals surface area (Å²) in [7, 11) is 0.